The van der Waals surface area contributed by atoms with Gasteiger partial charge in [-0.25, -0.2) is 4.79 Å². The zero-order valence-electron chi connectivity index (χ0n) is 14.6. The van der Waals surface area contributed by atoms with E-state index in [0.717, 1.165) is 36.3 Å². The predicted molar refractivity (Wildman–Crippen MR) is 92.3 cm³/mol. The molecule has 132 valence electrons. The van der Waals surface area contributed by atoms with Crippen molar-refractivity contribution >= 4 is 17.7 Å². The highest BCUT2D eigenvalue weighted by molar-refractivity contribution is 5.90. The SMILES string of the molecule is CCOC(=O)CC1CCCCN1C(=O)Nc1ccc(OC)cc1C. The summed E-state index contributed by atoms with van der Waals surface area (Å²) in [5.74, 6) is 0.506. The Morgan fingerprint density at radius 3 is 2.79 bits per heavy atom. The van der Waals surface area contributed by atoms with Crippen molar-refractivity contribution in [2.75, 3.05) is 25.6 Å². The van der Waals surface area contributed by atoms with Crippen LogP contribution >= 0.6 is 0 Å². The van der Waals surface area contributed by atoms with Gasteiger partial charge in [0.1, 0.15) is 5.75 Å². The average Bonchev–Trinajstić information content (AvgIpc) is 2.57. The molecule has 0 aliphatic carbocycles. The van der Waals surface area contributed by atoms with Gasteiger partial charge >= 0.3 is 12.0 Å². The van der Waals surface area contributed by atoms with E-state index in [4.69, 9.17) is 9.47 Å². The number of ether oxygens (including phenoxy) is 2. The number of esters is 1. The van der Waals surface area contributed by atoms with Gasteiger partial charge in [0.2, 0.25) is 0 Å². The zero-order valence-corrected chi connectivity index (χ0v) is 14.6. The van der Waals surface area contributed by atoms with Crippen LogP contribution in [0.25, 0.3) is 0 Å². The van der Waals surface area contributed by atoms with Crippen molar-refractivity contribution in [1.82, 2.24) is 4.90 Å². The third-order valence-electron chi connectivity index (χ3n) is 4.27. The van der Waals surface area contributed by atoms with Gasteiger partial charge in [0.25, 0.3) is 0 Å². The molecule has 2 rings (SSSR count). The lowest BCUT2D eigenvalue weighted by atomic mass is 10.00. The van der Waals surface area contributed by atoms with E-state index in [0.29, 0.717) is 13.2 Å². The van der Waals surface area contributed by atoms with Gasteiger partial charge in [-0.2, -0.15) is 0 Å². The number of urea groups is 1. The Balaban J connectivity index is 2.04. The van der Waals surface area contributed by atoms with E-state index in [-0.39, 0.29) is 24.5 Å². The van der Waals surface area contributed by atoms with Crippen LogP contribution in [0.2, 0.25) is 0 Å². The van der Waals surface area contributed by atoms with Gasteiger partial charge < -0.3 is 19.7 Å². The fraction of sp³-hybridized carbons (Fsp3) is 0.556. The Kier molecular flexibility index (Phi) is 6.46. The average molecular weight is 334 g/mol. The number of anilines is 1. The molecule has 0 aromatic heterocycles. The van der Waals surface area contributed by atoms with Crippen LogP contribution in [0, 0.1) is 6.92 Å². The summed E-state index contributed by atoms with van der Waals surface area (Å²) in [7, 11) is 1.61. The van der Waals surface area contributed by atoms with Gasteiger partial charge in [-0.3, -0.25) is 4.79 Å². The first-order valence-electron chi connectivity index (χ1n) is 8.43. The van der Waals surface area contributed by atoms with Gasteiger partial charge in [-0.05, 0) is 56.9 Å². The fourth-order valence-corrected chi connectivity index (χ4v) is 2.98. The number of benzene rings is 1. The second kappa shape index (κ2) is 8.57. The summed E-state index contributed by atoms with van der Waals surface area (Å²) in [5, 5.41) is 2.95. The normalized spacial score (nSPS) is 17.3. The lowest BCUT2D eigenvalue weighted by molar-refractivity contribution is -0.144. The molecular weight excluding hydrogens is 308 g/mol. The van der Waals surface area contributed by atoms with Crippen LogP contribution in [0.15, 0.2) is 18.2 Å². The molecule has 6 nitrogen and oxygen atoms in total. The first-order valence-corrected chi connectivity index (χ1v) is 8.43. The highest BCUT2D eigenvalue weighted by Gasteiger charge is 2.29. The molecule has 1 N–H and O–H groups in total. The summed E-state index contributed by atoms with van der Waals surface area (Å²) in [6.45, 7) is 4.73. The molecule has 0 radical (unpaired) electrons. The Hall–Kier alpha value is -2.24. The number of likely N-dealkylation sites (tertiary alicyclic amines) is 1. The van der Waals surface area contributed by atoms with Crippen LogP contribution < -0.4 is 10.1 Å². The standard InChI is InChI=1S/C18H26N2O4/c1-4-24-17(21)12-14-7-5-6-10-20(14)18(22)19-16-9-8-15(23-3)11-13(16)2/h8-9,11,14H,4-7,10,12H2,1-3H3,(H,19,22). The summed E-state index contributed by atoms with van der Waals surface area (Å²) in [4.78, 5) is 26.2. The lowest BCUT2D eigenvalue weighted by Crippen LogP contribution is -2.47. The molecule has 1 aliphatic rings. The number of aryl methyl sites for hydroxylation is 1. The fourth-order valence-electron chi connectivity index (χ4n) is 2.98. The number of nitrogens with zero attached hydrogens (tertiary/aromatic N) is 1. The lowest BCUT2D eigenvalue weighted by Gasteiger charge is -2.35. The Bertz CT molecular complexity index is 588. The van der Waals surface area contributed by atoms with Crippen LogP contribution in [0.5, 0.6) is 5.75 Å². The van der Waals surface area contributed by atoms with E-state index in [2.05, 4.69) is 5.32 Å². The zero-order chi connectivity index (χ0) is 17.5. The number of rotatable bonds is 5. The predicted octanol–water partition coefficient (Wildman–Crippen LogP) is 3.34. The second-order valence-corrected chi connectivity index (χ2v) is 5.96. The molecule has 1 heterocycles. The van der Waals surface area contributed by atoms with Crippen molar-refractivity contribution < 1.29 is 19.1 Å². The van der Waals surface area contributed by atoms with Crippen LogP contribution in [0.1, 0.15) is 38.2 Å². The summed E-state index contributed by atoms with van der Waals surface area (Å²) >= 11 is 0. The van der Waals surface area contributed by atoms with E-state index in [1.54, 1.807) is 18.9 Å². The van der Waals surface area contributed by atoms with Crippen molar-refractivity contribution in [1.29, 1.82) is 0 Å². The Morgan fingerprint density at radius 2 is 2.12 bits per heavy atom. The molecule has 1 fully saturated rings. The minimum atomic E-state index is -0.247. The molecule has 0 saturated carbocycles. The van der Waals surface area contributed by atoms with E-state index in [1.165, 1.54) is 0 Å². The van der Waals surface area contributed by atoms with E-state index >= 15 is 0 Å². The van der Waals surface area contributed by atoms with Crippen LogP contribution in [0.3, 0.4) is 0 Å². The van der Waals surface area contributed by atoms with E-state index in [9.17, 15) is 9.59 Å². The van der Waals surface area contributed by atoms with Crippen molar-refractivity contribution in [3.8, 4) is 5.75 Å². The first-order chi connectivity index (χ1) is 11.5. The Labute approximate surface area is 143 Å². The molecule has 1 saturated heterocycles. The first kappa shape index (κ1) is 18.1. The molecule has 1 aromatic rings. The number of carbonyl (C=O) groups excluding carboxylic acids is 2. The number of hydrogen-bond donors (Lipinski definition) is 1. The molecule has 1 aromatic carbocycles. The number of amides is 2. The summed E-state index contributed by atoms with van der Waals surface area (Å²) < 4.78 is 10.2. The van der Waals surface area contributed by atoms with Crippen LogP contribution in [-0.2, 0) is 9.53 Å². The van der Waals surface area contributed by atoms with Gasteiger partial charge in [0.05, 0.1) is 20.1 Å². The molecule has 24 heavy (non-hydrogen) atoms. The van der Waals surface area contributed by atoms with Gasteiger partial charge in [-0.1, -0.05) is 0 Å². The number of methoxy groups -OCH3 is 1. The molecule has 0 bridgehead atoms. The number of nitrogens with one attached hydrogen (secondary N) is 1. The van der Waals surface area contributed by atoms with Crippen LogP contribution in [0.4, 0.5) is 10.5 Å². The molecule has 1 aliphatic heterocycles. The second-order valence-electron chi connectivity index (χ2n) is 5.96. The van der Waals surface area contributed by atoms with E-state index < -0.39 is 0 Å². The van der Waals surface area contributed by atoms with Crippen LogP contribution in [-0.4, -0.2) is 43.2 Å². The monoisotopic (exact) mass is 334 g/mol. The molecule has 0 spiro atoms. The largest absolute Gasteiger partial charge is 0.497 e. The molecule has 6 heteroatoms. The Morgan fingerprint density at radius 1 is 1.33 bits per heavy atom. The maximum absolute atomic E-state index is 12.7. The topological polar surface area (TPSA) is 67.9 Å². The van der Waals surface area contributed by atoms with Crippen molar-refractivity contribution in [3.05, 3.63) is 23.8 Å². The van der Waals surface area contributed by atoms with Gasteiger partial charge in [0, 0.05) is 18.3 Å². The number of piperidine rings is 1. The third kappa shape index (κ3) is 4.63. The number of hydrogen-bond acceptors (Lipinski definition) is 4. The molecular formula is C18H26N2O4. The molecule has 1 unspecified atom stereocenters. The van der Waals surface area contributed by atoms with Crippen molar-refractivity contribution in [2.24, 2.45) is 0 Å². The molecule has 2 amide bonds. The minimum absolute atomic E-state index is 0.101. The van der Waals surface area contributed by atoms with Gasteiger partial charge in [0.15, 0.2) is 0 Å². The maximum Gasteiger partial charge on any atom is 0.322 e. The van der Waals surface area contributed by atoms with Crippen molar-refractivity contribution in [3.63, 3.8) is 0 Å². The summed E-state index contributed by atoms with van der Waals surface area (Å²) in [5.41, 5.74) is 1.68. The molecule has 1 atom stereocenters. The third-order valence-corrected chi connectivity index (χ3v) is 4.27. The minimum Gasteiger partial charge on any atom is -0.497 e. The van der Waals surface area contributed by atoms with Crippen molar-refractivity contribution in [2.45, 2.75) is 45.6 Å². The maximum atomic E-state index is 12.7. The number of carbonyl (C=O) groups is 2. The summed E-state index contributed by atoms with van der Waals surface area (Å²) in [6.07, 6.45) is 3.06. The highest BCUT2D eigenvalue weighted by atomic mass is 16.5. The summed E-state index contributed by atoms with van der Waals surface area (Å²) in [6, 6.07) is 5.25. The van der Waals surface area contributed by atoms with E-state index in [1.807, 2.05) is 25.1 Å². The quantitative estimate of drug-likeness (QED) is 0.839. The smallest absolute Gasteiger partial charge is 0.322 e. The highest BCUT2D eigenvalue weighted by Crippen LogP contribution is 2.24. The van der Waals surface area contributed by atoms with Gasteiger partial charge in [-0.15, -0.1) is 0 Å².